The Labute approximate surface area is 72.4 Å². The van der Waals surface area contributed by atoms with Crippen molar-refractivity contribution in [3.8, 4) is 0 Å². The van der Waals surface area contributed by atoms with Crippen LogP contribution in [-0.2, 0) is 0 Å². The molecule has 0 rings (SSSR count). The molecule has 0 aromatic heterocycles. The second-order valence-corrected chi connectivity index (χ2v) is 4.05. The zero-order chi connectivity index (χ0) is 8.85. The summed E-state index contributed by atoms with van der Waals surface area (Å²) in [6, 6.07) is 0. The van der Waals surface area contributed by atoms with Gasteiger partial charge in [-0.25, -0.2) is 0 Å². The van der Waals surface area contributed by atoms with E-state index in [1.165, 1.54) is 19.3 Å². The minimum Gasteiger partial charge on any atom is -0.0651 e. The SMILES string of the molecule is [CH2]C(C)CCC(C)C(C)CC. The summed E-state index contributed by atoms with van der Waals surface area (Å²) in [6.45, 7) is 13.2. The van der Waals surface area contributed by atoms with E-state index >= 15 is 0 Å². The zero-order valence-electron chi connectivity index (χ0n) is 8.56. The molecule has 0 heterocycles. The molecule has 0 aromatic rings. The van der Waals surface area contributed by atoms with Crippen LogP contribution in [0.5, 0.6) is 0 Å². The van der Waals surface area contributed by atoms with Gasteiger partial charge < -0.3 is 0 Å². The fourth-order valence-electron chi connectivity index (χ4n) is 1.23. The Morgan fingerprint density at radius 3 is 1.91 bits per heavy atom. The summed E-state index contributed by atoms with van der Waals surface area (Å²) in [4.78, 5) is 0. The van der Waals surface area contributed by atoms with Crippen LogP contribution in [0.1, 0.15) is 47.0 Å². The smallest absolute Gasteiger partial charge is 0.0417 e. The van der Waals surface area contributed by atoms with Crippen LogP contribution in [0.4, 0.5) is 0 Å². The molecule has 0 amide bonds. The topological polar surface area (TPSA) is 0 Å². The van der Waals surface area contributed by atoms with Gasteiger partial charge in [-0.3, -0.25) is 0 Å². The molecule has 67 valence electrons. The van der Waals surface area contributed by atoms with Gasteiger partial charge in [-0.05, 0) is 17.8 Å². The lowest BCUT2D eigenvalue weighted by Crippen LogP contribution is -2.07. The molecule has 0 aliphatic heterocycles. The fourth-order valence-corrected chi connectivity index (χ4v) is 1.23. The minimum atomic E-state index is 0.626. The maximum atomic E-state index is 4.00. The van der Waals surface area contributed by atoms with Crippen molar-refractivity contribution in [2.24, 2.45) is 17.8 Å². The first-order valence-electron chi connectivity index (χ1n) is 4.91. The van der Waals surface area contributed by atoms with Gasteiger partial charge in [-0.1, -0.05) is 53.9 Å². The predicted molar refractivity (Wildman–Crippen MR) is 52.4 cm³/mol. The van der Waals surface area contributed by atoms with Gasteiger partial charge in [0.1, 0.15) is 0 Å². The predicted octanol–water partition coefficient (Wildman–Crippen LogP) is 3.92. The normalized spacial score (nSPS) is 16.9. The van der Waals surface area contributed by atoms with Gasteiger partial charge in [0.15, 0.2) is 0 Å². The Morgan fingerprint density at radius 2 is 1.55 bits per heavy atom. The quantitative estimate of drug-likeness (QED) is 0.564. The van der Waals surface area contributed by atoms with Gasteiger partial charge in [0, 0.05) is 0 Å². The molecule has 3 atom stereocenters. The summed E-state index contributed by atoms with van der Waals surface area (Å²) in [5.41, 5.74) is 0. The van der Waals surface area contributed by atoms with Crippen LogP contribution in [0.3, 0.4) is 0 Å². The molecule has 0 N–H and O–H groups in total. The maximum Gasteiger partial charge on any atom is -0.0417 e. The highest BCUT2D eigenvalue weighted by atomic mass is 14.2. The third-order valence-corrected chi connectivity index (χ3v) is 2.73. The minimum absolute atomic E-state index is 0.626. The third-order valence-electron chi connectivity index (χ3n) is 2.73. The highest BCUT2D eigenvalue weighted by Gasteiger charge is 2.09. The van der Waals surface area contributed by atoms with Gasteiger partial charge in [-0.2, -0.15) is 0 Å². The van der Waals surface area contributed by atoms with Crippen LogP contribution >= 0.6 is 0 Å². The van der Waals surface area contributed by atoms with Crippen LogP contribution in [0.15, 0.2) is 0 Å². The standard InChI is InChI=1S/C11H23/c1-6-10(4)11(5)8-7-9(2)3/h9-11H,2,6-8H2,1,3-5H3. The monoisotopic (exact) mass is 155 g/mol. The van der Waals surface area contributed by atoms with Crippen LogP contribution in [0, 0.1) is 24.7 Å². The van der Waals surface area contributed by atoms with Crippen LogP contribution in [0.2, 0.25) is 0 Å². The van der Waals surface area contributed by atoms with Crippen molar-refractivity contribution < 1.29 is 0 Å². The molecule has 3 unspecified atom stereocenters. The molecule has 0 heteroatoms. The molecule has 0 saturated heterocycles. The molecule has 0 fully saturated rings. The Morgan fingerprint density at radius 1 is 1.00 bits per heavy atom. The molecular formula is C11H23. The first-order valence-corrected chi connectivity index (χ1v) is 4.91. The van der Waals surface area contributed by atoms with Gasteiger partial charge in [0.05, 0.1) is 0 Å². The highest BCUT2D eigenvalue weighted by molar-refractivity contribution is 4.63. The largest absolute Gasteiger partial charge is 0.0651 e. The van der Waals surface area contributed by atoms with E-state index in [9.17, 15) is 0 Å². The van der Waals surface area contributed by atoms with Gasteiger partial charge in [-0.15, -0.1) is 0 Å². The second-order valence-electron chi connectivity index (χ2n) is 4.05. The lowest BCUT2D eigenvalue weighted by atomic mass is 9.88. The van der Waals surface area contributed by atoms with E-state index in [2.05, 4.69) is 34.6 Å². The number of rotatable bonds is 5. The average molecular weight is 155 g/mol. The first kappa shape index (κ1) is 11.0. The summed E-state index contributed by atoms with van der Waals surface area (Å²) in [5.74, 6) is 2.39. The summed E-state index contributed by atoms with van der Waals surface area (Å²) in [6.07, 6.45) is 3.94. The van der Waals surface area contributed by atoms with Crippen LogP contribution in [0.25, 0.3) is 0 Å². The van der Waals surface area contributed by atoms with E-state index in [1.54, 1.807) is 0 Å². The molecule has 0 aliphatic carbocycles. The Balaban J connectivity index is 3.43. The van der Waals surface area contributed by atoms with Crippen LogP contribution in [-0.4, -0.2) is 0 Å². The molecule has 1 radical (unpaired) electrons. The second kappa shape index (κ2) is 5.62. The zero-order valence-corrected chi connectivity index (χ0v) is 8.56. The highest BCUT2D eigenvalue weighted by Crippen LogP contribution is 2.21. The Kier molecular flexibility index (Phi) is 5.62. The summed E-state index contributed by atoms with van der Waals surface area (Å²) < 4.78 is 0. The molecular weight excluding hydrogens is 132 g/mol. The molecule has 0 bridgehead atoms. The van der Waals surface area contributed by atoms with Gasteiger partial charge >= 0.3 is 0 Å². The third kappa shape index (κ3) is 5.29. The Bertz CT molecular complexity index is 84.0. The van der Waals surface area contributed by atoms with Crippen molar-refractivity contribution in [2.75, 3.05) is 0 Å². The number of hydrogen-bond acceptors (Lipinski definition) is 0. The first-order chi connectivity index (χ1) is 5.07. The number of hydrogen-bond donors (Lipinski definition) is 0. The molecule has 0 saturated carbocycles. The fraction of sp³-hybridized carbons (Fsp3) is 0.909. The van der Waals surface area contributed by atoms with Crippen molar-refractivity contribution >= 4 is 0 Å². The summed E-state index contributed by atoms with van der Waals surface area (Å²) in [7, 11) is 0. The Hall–Kier alpha value is 0. The average Bonchev–Trinajstić information content (AvgIpc) is 1.98. The van der Waals surface area contributed by atoms with Crippen molar-refractivity contribution in [1.82, 2.24) is 0 Å². The van der Waals surface area contributed by atoms with Crippen molar-refractivity contribution in [3.63, 3.8) is 0 Å². The van der Waals surface area contributed by atoms with E-state index in [4.69, 9.17) is 0 Å². The van der Waals surface area contributed by atoms with Crippen molar-refractivity contribution in [1.29, 1.82) is 0 Å². The van der Waals surface area contributed by atoms with Gasteiger partial charge in [0.25, 0.3) is 0 Å². The van der Waals surface area contributed by atoms with Gasteiger partial charge in [0.2, 0.25) is 0 Å². The van der Waals surface area contributed by atoms with E-state index < -0.39 is 0 Å². The van der Waals surface area contributed by atoms with Crippen LogP contribution < -0.4 is 0 Å². The molecule has 11 heavy (non-hydrogen) atoms. The summed E-state index contributed by atoms with van der Waals surface area (Å²) >= 11 is 0. The molecule has 0 aromatic carbocycles. The molecule has 0 nitrogen and oxygen atoms in total. The maximum absolute atomic E-state index is 4.00. The molecule has 0 aliphatic rings. The lowest BCUT2D eigenvalue weighted by Gasteiger charge is -2.18. The van der Waals surface area contributed by atoms with E-state index in [1.807, 2.05) is 0 Å². The van der Waals surface area contributed by atoms with E-state index in [-0.39, 0.29) is 0 Å². The van der Waals surface area contributed by atoms with E-state index in [0.29, 0.717) is 5.92 Å². The van der Waals surface area contributed by atoms with E-state index in [0.717, 1.165) is 11.8 Å². The van der Waals surface area contributed by atoms with Crippen molar-refractivity contribution in [3.05, 3.63) is 6.92 Å². The summed E-state index contributed by atoms with van der Waals surface area (Å²) in [5, 5.41) is 0. The lowest BCUT2D eigenvalue weighted by molar-refractivity contribution is 0.335. The molecule has 0 spiro atoms. The van der Waals surface area contributed by atoms with Crippen molar-refractivity contribution in [2.45, 2.75) is 47.0 Å².